The van der Waals surface area contributed by atoms with Gasteiger partial charge in [-0.15, -0.1) is 0 Å². The van der Waals surface area contributed by atoms with Crippen LogP contribution in [0.4, 0.5) is 0 Å². The first-order valence-corrected chi connectivity index (χ1v) is 8.19. The van der Waals surface area contributed by atoms with Gasteiger partial charge in [0.05, 0.1) is 6.07 Å². The third-order valence-electron chi connectivity index (χ3n) is 5.19. The van der Waals surface area contributed by atoms with Gasteiger partial charge in [-0.1, -0.05) is 27.7 Å². The molecule has 0 spiro atoms. The predicted octanol–water partition coefficient (Wildman–Crippen LogP) is 3.42. The molecule has 0 bridgehead atoms. The zero-order valence-corrected chi connectivity index (χ0v) is 14.1. The number of nitrogens with one attached hydrogen (secondary N) is 1. The molecule has 0 radical (unpaired) electrons. The van der Waals surface area contributed by atoms with Crippen molar-refractivity contribution in [3.8, 4) is 6.07 Å². The van der Waals surface area contributed by atoms with Gasteiger partial charge in [0.15, 0.2) is 0 Å². The molecular weight excluding hydrogens is 246 g/mol. The predicted molar refractivity (Wildman–Crippen MR) is 85.5 cm³/mol. The normalized spacial score (nSPS) is 21.4. The molecule has 0 aromatic carbocycles. The smallest absolute Gasteiger partial charge is 0.106 e. The second kappa shape index (κ2) is 7.43. The quantitative estimate of drug-likeness (QED) is 0.810. The van der Waals surface area contributed by atoms with Crippen LogP contribution < -0.4 is 5.32 Å². The monoisotopic (exact) mass is 279 g/mol. The van der Waals surface area contributed by atoms with Crippen LogP contribution in [0.15, 0.2) is 0 Å². The van der Waals surface area contributed by atoms with Crippen molar-refractivity contribution in [3.63, 3.8) is 0 Å². The first-order valence-electron chi connectivity index (χ1n) is 8.19. The lowest BCUT2D eigenvalue weighted by Crippen LogP contribution is -2.42. The summed E-state index contributed by atoms with van der Waals surface area (Å²) >= 11 is 0. The van der Waals surface area contributed by atoms with Gasteiger partial charge < -0.3 is 10.2 Å². The number of nitrogens with zero attached hydrogens (tertiary/aromatic N) is 2. The summed E-state index contributed by atoms with van der Waals surface area (Å²) in [6.45, 7) is 12.8. The summed E-state index contributed by atoms with van der Waals surface area (Å²) in [5.41, 5.74) is 0.139. The van der Waals surface area contributed by atoms with Gasteiger partial charge in [0.1, 0.15) is 5.54 Å². The molecule has 0 aromatic rings. The molecule has 0 saturated carbocycles. The van der Waals surface area contributed by atoms with Crippen LogP contribution in [0.2, 0.25) is 0 Å². The Labute approximate surface area is 125 Å². The molecule has 116 valence electrons. The van der Waals surface area contributed by atoms with Crippen molar-refractivity contribution in [2.75, 3.05) is 26.7 Å². The van der Waals surface area contributed by atoms with E-state index < -0.39 is 0 Å². The van der Waals surface area contributed by atoms with Crippen molar-refractivity contribution in [3.05, 3.63) is 0 Å². The van der Waals surface area contributed by atoms with Crippen LogP contribution in [-0.4, -0.2) is 37.1 Å². The highest BCUT2D eigenvalue weighted by Crippen LogP contribution is 2.34. The molecule has 1 saturated heterocycles. The van der Waals surface area contributed by atoms with E-state index in [1.54, 1.807) is 0 Å². The fourth-order valence-corrected chi connectivity index (χ4v) is 3.30. The van der Waals surface area contributed by atoms with Gasteiger partial charge in [-0.3, -0.25) is 0 Å². The van der Waals surface area contributed by atoms with Gasteiger partial charge in [-0.05, 0) is 70.1 Å². The molecule has 3 heteroatoms. The summed E-state index contributed by atoms with van der Waals surface area (Å²) in [6.07, 6.45) is 5.60. The molecule has 1 fully saturated rings. The van der Waals surface area contributed by atoms with E-state index >= 15 is 0 Å². The fourth-order valence-electron chi connectivity index (χ4n) is 3.30. The minimum Gasteiger partial charge on any atom is -0.303 e. The van der Waals surface area contributed by atoms with Crippen molar-refractivity contribution in [1.29, 1.82) is 5.26 Å². The number of piperidine rings is 1. The molecule has 0 aliphatic carbocycles. The maximum Gasteiger partial charge on any atom is 0.106 e. The van der Waals surface area contributed by atoms with Gasteiger partial charge in [0, 0.05) is 0 Å². The van der Waals surface area contributed by atoms with Crippen LogP contribution in [0.5, 0.6) is 0 Å². The Balaban J connectivity index is 2.30. The lowest BCUT2D eigenvalue weighted by atomic mass is 9.75. The average Bonchev–Trinajstić information content (AvgIpc) is 2.44. The van der Waals surface area contributed by atoms with Crippen molar-refractivity contribution in [2.45, 2.75) is 65.3 Å². The van der Waals surface area contributed by atoms with Crippen molar-refractivity contribution in [1.82, 2.24) is 10.2 Å². The molecule has 0 aromatic heterocycles. The second-order valence-electron chi connectivity index (χ2n) is 7.38. The highest BCUT2D eigenvalue weighted by molar-refractivity contribution is 5.05. The molecule has 1 aliphatic heterocycles. The van der Waals surface area contributed by atoms with E-state index in [2.05, 4.69) is 44.0 Å². The largest absolute Gasteiger partial charge is 0.303 e. The number of nitriles is 1. The molecule has 20 heavy (non-hydrogen) atoms. The minimum atomic E-state index is -0.316. The molecule has 1 unspecified atom stereocenters. The maximum absolute atomic E-state index is 9.31. The lowest BCUT2D eigenvalue weighted by Gasteiger charge is -2.39. The molecule has 1 heterocycles. The van der Waals surface area contributed by atoms with E-state index in [-0.39, 0.29) is 5.54 Å². The summed E-state index contributed by atoms with van der Waals surface area (Å²) in [7, 11) is 1.90. The van der Waals surface area contributed by atoms with Crippen LogP contribution in [-0.2, 0) is 0 Å². The number of hydrogen-bond acceptors (Lipinski definition) is 3. The van der Waals surface area contributed by atoms with Gasteiger partial charge in [-0.25, -0.2) is 0 Å². The summed E-state index contributed by atoms with van der Waals surface area (Å²) in [5, 5.41) is 12.5. The fraction of sp³-hybridized carbons (Fsp3) is 0.941. The Bertz CT molecular complexity index is 312. The second-order valence-corrected chi connectivity index (χ2v) is 7.38. The molecule has 3 nitrogen and oxygen atoms in total. The highest BCUT2D eigenvalue weighted by atomic mass is 15.1. The van der Waals surface area contributed by atoms with Gasteiger partial charge >= 0.3 is 0 Å². The van der Waals surface area contributed by atoms with E-state index in [0.29, 0.717) is 5.41 Å². The molecular formula is C17H33N3. The maximum atomic E-state index is 9.31. The van der Waals surface area contributed by atoms with E-state index in [1.165, 1.54) is 25.9 Å². The zero-order chi connectivity index (χ0) is 15.2. The first-order chi connectivity index (χ1) is 9.37. The van der Waals surface area contributed by atoms with Crippen LogP contribution in [0.1, 0.15) is 59.8 Å². The molecule has 0 amide bonds. The van der Waals surface area contributed by atoms with Crippen LogP contribution in [0.3, 0.4) is 0 Å². The summed E-state index contributed by atoms with van der Waals surface area (Å²) in [5.74, 6) is 0.866. The Morgan fingerprint density at radius 2 is 1.85 bits per heavy atom. The standard InChI is InChI=1S/C17H33N3/c1-6-17(14-18,19-5)10-7-11-20-12-8-15(9-13-20)16(2,3)4/h15,19H,6-13H2,1-5H3. The van der Waals surface area contributed by atoms with E-state index in [1.807, 2.05) is 7.05 Å². The molecule has 1 N–H and O–H groups in total. The SMILES string of the molecule is CCC(C#N)(CCCN1CCC(C(C)(C)C)CC1)NC. The van der Waals surface area contributed by atoms with Gasteiger partial charge in [0.25, 0.3) is 0 Å². The van der Waals surface area contributed by atoms with Gasteiger partial charge in [-0.2, -0.15) is 5.26 Å². The van der Waals surface area contributed by atoms with E-state index in [0.717, 1.165) is 31.7 Å². The number of rotatable bonds is 6. The Morgan fingerprint density at radius 3 is 2.25 bits per heavy atom. The summed E-state index contributed by atoms with van der Waals surface area (Å²) in [4.78, 5) is 2.58. The minimum absolute atomic E-state index is 0.316. The Kier molecular flexibility index (Phi) is 6.48. The summed E-state index contributed by atoms with van der Waals surface area (Å²) < 4.78 is 0. The highest BCUT2D eigenvalue weighted by Gasteiger charge is 2.29. The Morgan fingerprint density at radius 1 is 1.25 bits per heavy atom. The number of hydrogen-bond donors (Lipinski definition) is 1. The topological polar surface area (TPSA) is 39.1 Å². The molecule has 1 rings (SSSR count). The molecule has 1 atom stereocenters. The van der Waals surface area contributed by atoms with Gasteiger partial charge in [0.2, 0.25) is 0 Å². The zero-order valence-electron chi connectivity index (χ0n) is 14.1. The van der Waals surface area contributed by atoms with Crippen molar-refractivity contribution < 1.29 is 0 Å². The van der Waals surface area contributed by atoms with Crippen molar-refractivity contribution in [2.24, 2.45) is 11.3 Å². The third-order valence-corrected chi connectivity index (χ3v) is 5.19. The van der Waals surface area contributed by atoms with E-state index in [9.17, 15) is 5.26 Å². The first kappa shape index (κ1) is 17.5. The Hall–Kier alpha value is -0.590. The van der Waals surface area contributed by atoms with Crippen LogP contribution in [0, 0.1) is 22.7 Å². The van der Waals surface area contributed by atoms with Crippen LogP contribution >= 0.6 is 0 Å². The average molecular weight is 279 g/mol. The number of likely N-dealkylation sites (tertiary alicyclic amines) is 1. The van der Waals surface area contributed by atoms with E-state index in [4.69, 9.17) is 0 Å². The summed E-state index contributed by atoms with van der Waals surface area (Å²) in [6, 6.07) is 2.45. The third kappa shape index (κ3) is 4.75. The lowest BCUT2D eigenvalue weighted by molar-refractivity contribution is 0.110. The van der Waals surface area contributed by atoms with Crippen molar-refractivity contribution >= 4 is 0 Å². The van der Waals surface area contributed by atoms with Crippen LogP contribution in [0.25, 0.3) is 0 Å². The molecule has 1 aliphatic rings.